The number of aromatic hydroxyl groups is 1. The number of ether oxygens (including phenoxy) is 1. The van der Waals surface area contributed by atoms with Gasteiger partial charge in [0, 0.05) is 16.2 Å². The number of hydrogen-bond acceptors (Lipinski definition) is 5. The number of carbonyl (C=O) groups is 1. The van der Waals surface area contributed by atoms with Gasteiger partial charge in [-0.3, -0.25) is 9.59 Å². The molecule has 0 bridgehead atoms. The normalized spacial score (nSPS) is 10.6. The zero-order chi connectivity index (χ0) is 20.8. The molecular formula is C21H20BrN3O4. The number of amides is 1. The Labute approximate surface area is 176 Å². The molecule has 8 heteroatoms. The molecule has 3 rings (SSSR count). The predicted molar refractivity (Wildman–Crippen MR) is 114 cm³/mol. The van der Waals surface area contributed by atoms with Gasteiger partial charge in [0.05, 0.1) is 12.3 Å². The maximum absolute atomic E-state index is 12.6. The third-order valence-electron chi connectivity index (χ3n) is 4.08. The SMILES string of the molecule is CCCCOc1ccc(NC(=O)c2nn(-c3ccc(Br)cc3)c(=O)cc2O)cc1. The molecule has 7 nitrogen and oxygen atoms in total. The molecule has 2 aromatic carbocycles. The lowest BCUT2D eigenvalue weighted by molar-refractivity contribution is 0.101. The van der Waals surface area contributed by atoms with Crippen LogP contribution in [0.2, 0.25) is 0 Å². The average Bonchev–Trinajstić information content (AvgIpc) is 2.70. The molecule has 0 aliphatic heterocycles. The molecule has 1 heterocycles. The van der Waals surface area contributed by atoms with E-state index in [0.717, 1.165) is 28.1 Å². The van der Waals surface area contributed by atoms with E-state index in [9.17, 15) is 14.7 Å². The highest BCUT2D eigenvalue weighted by molar-refractivity contribution is 9.10. The van der Waals surface area contributed by atoms with Gasteiger partial charge < -0.3 is 15.2 Å². The number of aromatic nitrogens is 2. The van der Waals surface area contributed by atoms with Crippen molar-refractivity contribution in [2.75, 3.05) is 11.9 Å². The minimum absolute atomic E-state index is 0.254. The van der Waals surface area contributed by atoms with E-state index in [1.807, 2.05) is 0 Å². The number of unbranched alkanes of at least 4 members (excludes halogenated alkanes) is 1. The van der Waals surface area contributed by atoms with E-state index in [4.69, 9.17) is 4.74 Å². The van der Waals surface area contributed by atoms with E-state index >= 15 is 0 Å². The van der Waals surface area contributed by atoms with Crippen molar-refractivity contribution in [2.24, 2.45) is 0 Å². The van der Waals surface area contributed by atoms with Gasteiger partial charge in [-0.15, -0.1) is 0 Å². The molecule has 0 fully saturated rings. The standard InChI is InChI=1S/C21H20BrN3O4/c1-2-3-12-29-17-10-6-15(7-11-17)23-21(28)20-18(26)13-19(27)25(24-20)16-8-4-14(22)5-9-16/h4-11,13,26H,2-3,12H2,1H3,(H,23,28). The van der Waals surface area contributed by atoms with E-state index < -0.39 is 17.2 Å². The summed E-state index contributed by atoms with van der Waals surface area (Å²) >= 11 is 3.32. The van der Waals surface area contributed by atoms with Gasteiger partial charge in [0.2, 0.25) is 0 Å². The second-order valence-corrected chi connectivity index (χ2v) is 7.20. The molecule has 0 unspecified atom stereocenters. The monoisotopic (exact) mass is 457 g/mol. The zero-order valence-electron chi connectivity index (χ0n) is 15.8. The van der Waals surface area contributed by atoms with Crippen molar-refractivity contribution in [1.29, 1.82) is 0 Å². The quantitative estimate of drug-likeness (QED) is 0.520. The Balaban J connectivity index is 1.79. The second-order valence-electron chi connectivity index (χ2n) is 6.29. The van der Waals surface area contributed by atoms with Crippen LogP contribution in [0, 0.1) is 0 Å². The maximum atomic E-state index is 12.6. The summed E-state index contributed by atoms with van der Waals surface area (Å²) in [7, 11) is 0. The summed E-state index contributed by atoms with van der Waals surface area (Å²) in [6, 6.07) is 14.7. The highest BCUT2D eigenvalue weighted by Gasteiger charge is 2.17. The van der Waals surface area contributed by atoms with Crippen molar-refractivity contribution in [3.63, 3.8) is 0 Å². The number of hydrogen-bond donors (Lipinski definition) is 2. The average molecular weight is 458 g/mol. The molecule has 0 atom stereocenters. The van der Waals surface area contributed by atoms with Crippen LogP contribution in [-0.2, 0) is 0 Å². The molecule has 1 aromatic heterocycles. The van der Waals surface area contributed by atoms with Crippen LogP contribution in [0.5, 0.6) is 11.5 Å². The third-order valence-corrected chi connectivity index (χ3v) is 4.61. The van der Waals surface area contributed by atoms with Crippen LogP contribution in [0.4, 0.5) is 5.69 Å². The Morgan fingerprint density at radius 2 is 1.86 bits per heavy atom. The van der Waals surface area contributed by atoms with E-state index in [0.29, 0.717) is 23.7 Å². The topological polar surface area (TPSA) is 93.5 Å². The summed E-state index contributed by atoms with van der Waals surface area (Å²) in [6.45, 7) is 2.73. The first-order valence-electron chi connectivity index (χ1n) is 9.11. The van der Waals surface area contributed by atoms with Gasteiger partial charge in [0.15, 0.2) is 11.4 Å². The van der Waals surface area contributed by atoms with Crippen molar-refractivity contribution in [1.82, 2.24) is 9.78 Å². The minimum atomic E-state index is -0.631. The van der Waals surface area contributed by atoms with Gasteiger partial charge in [-0.05, 0) is 55.0 Å². The van der Waals surface area contributed by atoms with Crippen molar-refractivity contribution in [3.05, 3.63) is 75.1 Å². The molecule has 3 aromatic rings. The summed E-state index contributed by atoms with van der Waals surface area (Å²) in [6.07, 6.45) is 2.02. The van der Waals surface area contributed by atoms with E-state index in [1.54, 1.807) is 48.5 Å². The van der Waals surface area contributed by atoms with Crippen LogP contribution < -0.4 is 15.6 Å². The molecule has 0 saturated heterocycles. The molecule has 29 heavy (non-hydrogen) atoms. The molecule has 0 spiro atoms. The molecule has 0 aliphatic rings. The Kier molecular flexibility index (Phi) is 6.66. The Morgan fingerprint density at radius 1 is 1.17 bits per heavy atom. The number of nitrogens with one attached hydrogen (secondary N) is 1. The number of nitrogens with zero attached hydrogens (tertiary/aromatic N) is 2. The van der Waals surface area contributed by atoms with Crippen LogP contribution in [-0.4, -0.2) is 27.4 Å². The molecule has 0 saturated carbocycles. The van der Waals surface area contributed by atoms with Crippen molar-refractivity contribution in [3.8, 4) is 17.2 Å². The number of anilines is 1. The van der Waals surface area contributed by atoms with Gasteiger partial charge in [-0.2, -0.15) is 9.78 Å². The van der Waals surface area contributed by atoms with E-state index in [-0.39, 0.29) is 5.69 Å². The van der Waals surface area contributed by atoms with Crippen molar-refractivity contribution < 1.29 is 14.6 Å². The summed E-state index contributed by atoms with van der Waals surface area (Å²) in [5.74, 6) is -0.408. The molecule has 2 N–H and O–H groups in total. The van der Waals surface area contributed by atoms with E-state index in [1.165, 1.54) is 0 Å². The Bertz CT molecular complexity index is 1050. The fourth-order valence-corrected chi connectivity index (χ4v) is 2.80. The maximum Gasteiger partial charge on any atom is 0.279 e. The smallest absolute Gasteiger partial charge is 0.279 e. The van der Waals surface area contributed by atoms with Crippen LogP contribution in [0.15, 0.2) is 63.9 Å². The zero-order valence-corrected chi connectivity index (χ0v) is 17.3. The van der Waals surface area contributed by atoms with Gasteiger partial charge >= 0.3 is 0 Å². The third kappa shape index (κ3) is 5.23. The summed E-state index contributed by atoms with van der Waals surface area (Å²) < 4.78 is 7.49. The Morgan fingerprint density at radius 3 is 2.52 bits per heavy atom. The van der Waals surface area contributed by atoms with Gasteiger partial charge in [0.25, 0.3) is 11.5 Å². The number of carbonyl (C=O) groups excluding carboxylic acids is 1. The van der Waals surface area contributed by atoms with Crippen LogP contribution in [0.1, 0.15) is 30.3 Å². The second kappa shape index (κ2) is 9.38. The largest absolute Gasteiger partial charge is 0.505 e. The minimum Gasteiger partial charge on any atom is -0.505 e. The molecule has 1 amide bonds. The lowest BCUT2D eigenvalue weighted by Crippen LogP contribution is -2.25. The summed E-state index contributed by atoms with van der Waals surface area (Å²) in [5, 5.41) is 16.8. The molecule has 0 aliphatic carbocycles. The van der Waals surface area contributed by atoms with Crippen LogP contribution in [0.25, 0.3) is 5.69 Å². The number of halogens is 1. The van der Waals surface area contributed by atoms with Crippen molar-refractivity contribution >= 4 is 27.5 Å². The summed E-state index contributed by atoms with van der Waals surface area (Å²) in [4.78, 5) is 24.8. The van der Waals surface area contributed by atoms with Gasteiger partial charge in [-0.25, -0.2) is 0 Å². The van der Waals surface area contributed by atoms with Crippen LogP contribution in [0.3, 0.4) is 0 Å². The van der Waals surface area contributed by atoms with Crippen molar-refractivity contribution in [2.45, 2.75) is 19.8 Å². The predicted octanol–water partition coefficient (Wildman–Crippen LogP) is 4.13. The number of rotatable bonds is 7. The first-order chi connectivity index (χ1) is 14.0. The fraction of sp³-hybridized carbons (Fsp3) is 0.190. The molecular weight excluding hydrogens is 438 g/mol. The van der Waals surface area contributed by atoms with Crippen LogP contribution >= 0.6 is 15.9 Å². The first-order valence-corrected chi connectivity index (χ1v) is 9.90. The van der Waals surface area contributed by atoms with E-state index in [2.05, 4.69) is 33.3 Å². The Hall–Kier alpha value is -3.13. The fourth-order valence-electron chi connectivity index (χ4n) is 2.54. The highest BCUT2D eigenvalue weighted by Crippen LogP contribution is 2.19. The lowest BCUT2D eigenvalue weighted by Gasteiger charge is -2.10. The van der Waals surface area contributed by atoms with Gasteiger partial charge in [0.1, 0.15) is 5.75 Å². The lowest BCUT2D eigenvalue weighted by atomic mass is 10.2. The number of benzene rings is 2. The first kappa shape index (κ1) is 20.6. The highest BCUT2D eigenvalue weighted by atomic mass is 79.9. The molecule has 150 valence electrons. The van der Waals surface area contributed by atoms with Gasteiger partial charge in [-0.1, -0.05) is 29.3 Å². The molecule has 0 radical (unpaired) electrons. The summed E-state index contributed by atoms with van der Waals surface area (Å²) in [5.41, 5.74) is 0.187.